The first-order chi connectivity index (χ1) is 9.97. The Kier molecular flexibility index (Phi) is 4.66. The molecule has 2 rings (SSSR count). The summed E-state index contributed by atoms with van der Waals surface area (Å²) in [6.07, 6.45) is 0.909. The molecule has 1 atom stereocenters. The van der Waals surface area contributed by atoms with Crippen LogP contribution in [0.5, 0.6) is 0 Å². The lowest BCUT2D eigenvalue weighted by molar-refractivity contribution is -0.385. The molecule has 0 radical (unpaired) electrons. The molecule has 0 aliphatic carbocycles. The number of hydrogen-bond acceptors (Lipinski definition) is 7. The van der Waals surface area contributed by atoms with Crippen molar-refractivity contribution >= 4 is 17.4 Å². The molecule has 1 aliphatic heterocycles. The van der Waals surface area contributed by atoms with E-state index in [1.807, 2.05) is 7.05 Å². The van der Waals surface area contributed by atoms with Crippen molar-refractivity contribution in [3.63, 3.8) is 0 Å². The number of rotatable bonds is 4. The van der Waals surface area contributed by atoms with E-state index >= 15 is 0 Å². The van der Waals surface area contributed by atoms with E-state index in [0.29, 0.717) is 19.7 Å². The molecular weight excluding hydrogens is 278 g/mol. The van der Waals surface area contributed by atoms with Crippen LogP contribution in [-0.4, -0.2) is 60.1 Å². The zero-order valence-electron chi connectivity index (χ0n) is 11.6. The Bertz CT molecular complexity index is 550. The number of hydrogen-bond donors (Lipinski definition) is 2. The fourth-order valence-corrected chi connectivity index (χ4v) is 2.04. The van der Waals surface area contributed by atoms with Gasteiger partial charge in [-0.15, -0.1) is 0 Å². The molecule has 1 amide bonds. The van der Waals surface area contributed by atoms with Crippen molar-refractivity contribution in [2.24, 2.45) is 0 Å². The molecule has 3 N–H and O–H groups in total. The molecule has 0 saturated carbocycles. The van der Waals surface area contributed by atoms with Crippen LogP contribution in [0.1, 0.15) is 10.4 Å². The second-order valence-corrected chi connectivity index (χ2v) is 4.85. The zero-order valence-corrected chi connectivity index (χ0v) is 11.6. The zero-order chi connectivity index (χ0) is 15.4. The first kappa shape index (κ1) is 15.1. The summed E-state index contributed by atoms with van der Waals surface area (Å²) in [4.78, 5) is 27.9. The van der Waals surface area contributed by atoms with E-state index in [1.54, 1.807) is 0 Å². The molecule has 1 unspecified atom stereocenters. The number of nitrogens with zero attached hydrogens (tertiary/aromatic N) is 3. The van der Waals surface area contributed by atoms with Crippen LogP contribution < -0.4 is 11.1 Å². The third-order valence-electron chi connectivity index (χ3n) is 3.19. The highest BCUT2D eigenvalue weighted by atomic mass is 16.6. The van der Waals surface area contributed by atoms with Gasteiger partial charge in [0, 0.05) is 25.7 Å². The molecule has 1 aromatic rings. The summed E-state index contributed by atoms with van der Waals surface area (Å²) in [5, 5.41) is 13.4. The number of nitrogens with two attached hydrogens (primary N) is 1. The predicted octanol–water partition coefficient (Wildman–Crippen LogP) is -0.368. The average Bonchev–Trinajstić information content (AvgIpc) is 2.45. The maximum atomic E-state index is 12.0. The van der Waals surface area contributed by atoms with Gasteiger partial charge in [0.25, 0.3) is 11.6 Å². The van der Waals surface area contributed by atoms with Crippen molar-refractivity contribution < 1.29 is 14.5 Å². The van der Waals surface area contributed by atoms with Gasteiger partial charge in [-0.25, -0.2) is 4.98 Å². The number of nitro groups is 1. The van der Waals surface area contributed by atoms with E-state index in [0.717, 1.165) is 18.8 Å². The first-order valence-corrected chi connectivity index (χ1v) is 6.45. The largest absolute Gasteiger partial charge is 0.383 e. The molecule has 1 fully saturated rings. The molecule has 114 valence electrons. The smallest absolute Gasteiger partial charge is 0.288 e. The normalized spacial score (nSPS) is 19.2. The Hall–Kier alpha value is -2.26. The summed E-state index contributed by atoms with van der Waals surface area (Å²) in [7, 11) is 1.97. The minimum atomic E-state index is -0.623. The van der Waals surface area contributed by atoms with Gasteiger partial charge in [-0.1, -0.05) is 0 Å². The van der Waals surface area contributed by atoms with Gasteiger partial charge in [0.2, 0.25) is 0 Å². The van der Waals surface area contributed by atoms with Crippen LogP contribution in [0.4, 0.5) is 11.5 Å². The average molecular weight is 295 g/mol. The first-order valence-electron chi connectivity index (χ1n) is 6.45. The molecular formula is C12H17N5O4. The van der Waals surface area contributed by atoms with E-state index in [4.69, 9.17) is 10.5 Å². The SMILES string of the molecule is CN1CCOC(CNC(=O)c2cc([N+](=O)[O-])cnc2N)C1. The summed E-state index contributed by atoms with van der Waals surface area (Å²) in [5.74, 6) is -0.541. The second-order valence-electron chi connectivity index (χ2n) is 4.85. The molecule has 9 heteroatoms. The van der Waals surface area contributed by atoms with Crippen molar-refractivity contribution in [2.45, 2.75) is 6.10 Å². The van der Waals surface area contributed by atoms with E-state index < -0.39 is 10.8 Å². The number of nitrogen functional groups attached to an aromatic ring is 1. The highest BCUT2D eigenvalue weighted by molar-refractivity contribution is 5.98. The number of amides is 1. The molecule has 9 nitrogen and oxygen atoms in total. The van der Waals surface area contributed by atoms with E-state index in [2.05, 4.69) is 15.2 Å². The van der Waals surface area contributed by atoms with Crippen molar-refractivity contribution in [3.05, 3.63) is 27.9 Å². The number of carbonyl (C=O) groups is 1. The van der Waals surface area contributed by atoms with Crippen LogP contribution in [0.2, 0.25) is 0 Å². The van der Waals surface area contributed by atoms with Gasteiger partial charge in [0.05, 0.1) is 23.2 Å². The standard InChI is InChI=1S/C12H17N5O4/c1-16-2-3-21-9(7-16)6-15-12(18)10-4-8(17(19)20)5-14-11(10)13/h4-5,9H,2-3,6-7H2,1H3,(H2,13,14)(H,15,18). The summed E-state index contributed by atoms with van der Waals surface area (Å²) >= 11 is 0. The van der Waals surface area contributed by atoms with Crippen LogP contribution in [0, 0.1) is 10.1 Å². The molecule has 0 bridgehead atoms. The van der Waals surface area contributed by atoms with Gasteiger partial charge >= 0.3 is 0 Å². The van der Waals surface area contributed by atoms with E-state index in [9.17, 15) is 14.9 Å². The van der Waals surface area contributed by atoms with Crippen molar-refractivity contribution in [2.75, 3.05) is 39.0 Å². The lowest BCUT2D eigenvalue weighted by atomic mass is 10.2. The minimum absolute atomic E-state index is 0.00614. The van der Waals surface area contributed by atoms with Gasteiger partial charge < -0.3 is 20.7 Å². The molecule has 1 saturated heterocycles. The number of nitrogens with one attached hydrogen (secondary N) is 1. The highest BCUT2D eigenvalue weighted by Gasteiger charge is 2.20. The molecule has 0 aromatic carbocycles. The Morgan fingerprint density at radius 2 is 2.48 bits per heavy atom. The van der Waals surface area contributed by atoms with E-state index in [-0.39, 0.29) is 23.2 Å². The summed E-state index contributed by atoms with van der Waals surface area (Å²) in [5.41, 5.74) is 5.31. The Morgan fingerprint density at radius 1 is 1.71 bits per heavy atom. The number of carbonyl (C=O) groups excluding carboxylic acids is 1. The number of morpholine rings is 1. The lowest BCUT2D eigenvalue weighted by Crippen LogP contribution is -2.46. The fourth-order valence-electron chi connectivity index (χ4n) is 2.04. The van der Waals surface area contributed by atoms with E-state index in [1.165, 1.54) is 0 Å². The molecule has 2 heterocycles. The topological polar surface area (TPSA) is 124 Å². The van der Waals surface area contributed by atoms with Gasteiger partial charge in [0.1, 0.15) is 12.0 Å². The predicted molar refractivity (Wildman–Crippen MR) is 74.9 cm³/mol. The third-order valence-corrected chi connectivity index (χ3v) is 3.19. The van der Waals surface area contributed by atoms with Gasteiger partial charge in [-0.3, -0.25) is 14.9 Å². The van der Waals surface area contributed by atoms with Crippen LogP contribution in [-0.2, 0) is 4.74 Å². The quantitative estimate of drug-likeness (QED) is 0.573. The number of aromatic nitrogens is 1. The lowest BCUT2D eigenvalue weighted by Gasteiger charge is -2.30. The molecule has 1 aliphatic rings. The number of anilines is 1. The number of pyridine rings is 1. The monoisotopic (exact) mass is 295 g/mol. The minimum Gasteiger partial charge on any atom is -0.383 e. The van der Waals surface area contributed by atoms with Crippen LogP contribution in [0.25, 0.3) is 0 Å². The van der Waals surface area contributed by atoms with Gasteiger partial charge in [-0.05, 0) is 7.05 Å². The summed E-state index contributed by atoms with van der Waals surface area (Å²) in [6.45, 7) is 2.48. The van der Waals surface area contributed by atoms with Gasteiger partial charge in [0.15, 0.2) is 0 Å². The highest BCUT2D eigenvalue weighted by Crippen LogP contribution is 2.16. The fraction of sp³-hybridized carbons (Fsp3) is 0.500. The second kappa shape index (κ2) is 6.46. The Labute approximate surface area is 121 Å². The van der Waals surface area contributed by atoms with Gasteiger partial charge in [-0.2, -0.15) is 0 Å². The van der Waals surface area contributed by atoms with Crippen molar-refractivity contribution in [3.8, 4) is 0 Å². The third kappa shape index (κ3) is 3.86. The molecule has 1 aromatic heterocycles. The molecule has 0 spiro atoms. The van der Waals surface area contributed by atoms with Crippen LogP contribution in [0.15, 0.2) is 12.3 Å². The maximum absolute atomic E-state index is 12.0. The Balaban J connectivity index is 1.99. The number of likely N-dealkylation sites (N-methyl/N-ethyl adjacent to an activating group) is 1. The summed E-state index contributed by atoms with van der Waals surface area (Å²) < 4.78 is 5.52. The summed E-state index contributed by atoms with van der Waals surface area (Å²) in [6, 6.07) is 1.12. The number of ether oxygens (including phenoxy) is 1. The Morgan fingerprint density at radius 3 is 3.14 bits per heavy atom. The van der Waals surface area contributed by atoms with Crippen molar-refractivity contribution in [1.82, 2.24) is 15.2 Å². The van der Waals surface area contributed by atoms with Crippen LogP contribution in [0.3, 0.4) is 0 Å². The van der Waals surface area contributed by atoms with Crippen molar-refractivity contribution in [1.29, 1.82) is 0 Å². The molecule has 21 heavy (non-hydrogen) atoms. The maximum Gasteiger partial charge on any atom is 0.288 e. The van der Waals surface area contributed by atoms with Crippen LogP contribution >= 0.6 is 0 Å².